The van der Waals surface area contributed by atoms with Gasteiger partial charge in [0.05, 0.1) is 19.8 Å². The van der Waals surface area contributed by atoms with Crippen molar-refractivity contribution in [2.45, 2.75) is 32.6 Å². The first-order valence-electron chi connectivity index (χ1n) is 8.75. The maximum absolute atomic E-state index is 5.37. The number of nitrogens with one attached hydrogen (secondary N) is 3. The van der Waals surface area contributed by atoms with Crippen LogP contribution in [0.5, 0.6) is 0 Å². The fraction of sp³-hybridized carbons (Fsp3) is 0.611. The number of benzene rings is 1. The normalized spacial score (nSPS) is 16.8. The molecule has 1 heterocycles. The van der Waals surface area contributed by atoms with Crippen LogP contribution in [0.15, 0.2) is 24.3 Å². The number of quaternary nitrogens is 1. The van der Waals surface area contributed by atoms with Crippen LogP contribution in [0, 0.1) is 0 Å². The summed E-state index contributed by atoms with van der Waals surface area (Å²) in [4.78, 5) is 1.64. The Kier molecular flexibility index (Phi) is 7.79. The SMILES string of the molecule is CC[C@H](C)c1ccc(NC(=S)NCCC[NH+]2CCOCC2)cc1. The molecular weight excluding hydrogens is 306 g/mol. The molecule has 1 aliphatic rings. The zero-order chi connectivity index (χ0) is 16.5. The summed E-state index contributed by atoms with van der Waals surface area (Å²) >= 11 is 5.36. The second-order valence-electron chi connectivity index (χ2n) is 6.28. The van der Waals surface area contributed by atoms with E-state index in [-0.39, 0.29) is 0 Å². The fourth-order valence-corrected chi connectivity index (χ4v) is 2.98. The predicted octanol–water partition coefficient (Wildman–Crippen LogP) is 1.79. The van der Waals surface area contributed by atoms with Gasteiger partial charge in [-0.3, -0.25) is 0 Å². The molecule has 1 aromatic carbocycles. The molecule has 1 aromatic rings. The van der Waals surface area contributed by atoms with Crippen molar-refractivity contribution in [2.24, 2.45) is 0 Å². The summed E-state index contributed by atoms with van der Waals surface area (Å²) < 4.78 is 5.37. The standard InChI is InChI=1S/C18H29N3OS/c1-3-15(2)16-5-7-17(8-6-16)20-18(23)19-9-4-10-21-11-13-22-14-12-21/h5-8,15H,3-4,9-14H2,1-2H3,(H2,19,20,23)/p+1/t15-/m0/s1. The highest BCUT2D eigenvalue weighted by Crippen LogP contribution is 2.20. The smallest absolute Gasteiger partial charge is 0.170 e. The molecule has 4 nitrogen and oxygen atoms in total. The minimum Gasteiger partial charge on any atom is -0.370 e. The summed E-state index contributed by atoms with van der Waals surface area (Å²) in [7, 11) is 0. The van der Waals surface area contributed by atoms with Gasteiger partial charge in [-0.25, -0.2) is 0 Å². The molecule has 128 valence electrons. The number of morpholine rings is 1. The Hall–Kier alpha value is -1.17. The van der Waals surface area contributed by atoms with E-state index >= 15 is 0 Å². The van der Waals surface area contributed by atoms with Gasteiger partial charge in [0, 0.05) is 18.7 Å². The van der Waals surface area contributed by atoms with Crippen LogP contribution >= 0.6 is 12.2 Å². The van der Waals surface area contributed by atoms with Crippen LogP contribution < -0.4 is 15.5 Å². The fourth-order valence-electron chi connectivity index (χ4n) is 2.76. The molecule has 2 rings (SSSR count). The van der Waals surface area contributed by atoms with Crippen molar-refractivity contribution in [3.63, 3.8) is 0 Å². The van der Waals surface area contributed by atoms with E-state index in [0.29, 0.717) is 11.0 Å². The third-order valence-electron chi connectivity index (χ3n) is 4.54. The molecule has 0 radical (unpaired) electrons. The maximum atomic E-state index is 5.37. The molecule has 0 amide bonds. The Morgan fingerprint density at radius 1 is 1.26 bits per heavy atom. The van der Waals surface area contributed by atoms with Gasteiger partial charge in [-0.1, -0.05) is 26.0 Å². The van der Waals surface area contributed by atoms with E-state index in [0.717, 1.165) is 51.4 Å². The van der Waals surface area contributed by atoms with Crippen molar-refractivity contribution < 1.29 is 9.64 Å². The second-order valence-corrected chi connectivity index (χ2v) is 6.69. The van der Waals surface area contributed by atoms with Crippen molar-refractivity contribution in [2.75, 3.05) is 44.7 Å². The molecule has 0 aromatic heterocycles. The van der Waals surface area contributed by atoms with Crippen LogP contribution in [0.25, 0.3) is 0 Å². The molecule has 23 heavy (non-hydrogen) atoms. The first kappa shape index (κ1) is 18.2. The third kappa shape index (κ3) is 6.45. The molecule has 0 spiro atoms. The number of anilines is 1. The molecule has 1 aliphatic heterocycles. The van der Waals surface area contributed by atoms with Crippen LogP contribution in [-0.2, 0) is 4.74 Å². The van der Waals surface area contributed by atoms with Crippen molar-refractivity contribution in [3.8, 4) is 0 Å². The third-order valence-corrected chi connectivity index (χ3v) is 4.79. The van der Waals surface area contributed by atoms with Gasteiger partial charge in [0.25, 0.3) is 0 Å². The van der Waals surface area contributed by atoms with Crippen molar-refractivity contribution >= 4 is 23.0 Å². The second kappa shape index (κ2) is 9.85. The van der Waals surface area contributed by atoms with Crippen LogP contribution in [0.1, 0.15) is 38.2 Å². The van der Waals surface area contributed by atoms with Crippen LogP contribution in [-0.4, -0.2) is 44.5 Å². The quantitative estimate of drug-likeness (QED) is 0.524. The largest absolute Gasteiger partial charge is 0.370 e. The molecule has 0 unspecified atom stereocenters. The van der Waals surface area contributed by atoms with Gasteiger partial charge in [-0.15, -0.1) is 0 Å². The minimum atomic E-state index is 0.608. The molecule has 1 saturated heterocycles. The molecule has 0 bridgehead atoms. The Bertz CT molecular complexity index is 472. The molecule has 0 aliphatic carbocycles. The van der Waals surface area contributed by atoms with Crippen LogP contribution in [0.3, 0.4) is 0 Å². The van der Waals surface area contributed by atoms with E-state index in [2.05, 4.69) is 48.7 Å². The van der Waals surface area contributed by atoms with Gasteiger partial charge in [0.2, 0.25) is 0 Å². The van der Waals surface area contributed by atoms with E-state index in [4.69, 9.17) is 17.0 Å². The van der Waals surface area contributed by atoms with Gasteiger partial charge in [-0.05, 0) is 42.3 Å². The van der Waals surface area contributed by atoms with Gasteiger partial charge in [0.15, 0.2) is 5.11 Å². The molecule has 5 heteroatoms. The summed E-state index contributed by atoms with van der Waals surface area (Å²) in [5.74, 6) is 0.608. The lowest BCUT2D eigenvalue weighted by molar-refractivity contribution is -0.908. The van der Waals surface area contributed by atoms with Crippen molar-refractivity contribution in [1.82, 2.24) is 5.32 Å². The topological polar surface area (TPSA) is 37.7 Å². The Morgan fingerprint density at radius 3 is 2.61 bits per heavy atom. The lowest BCUT2D eigenvalue weighted by atomic mass is 9.99. The summed E-state index contributed by atoms with van der Waals surface area (Å²) in [5, 5.41) is 7.26. The Labute approximate surface area is 145 Å². The predicted molar refractivity (Wildman–Crippen MR) is 100 cm³/mol. The molecule has 1 atom stereocenters. The first-order valence-corrected chi connectivity index (χ1v) is 9.16. The number of hydrogen-bond acceptors (Lipinski definition) is 2. The summed E-state index contributed by atoms with van der Waals surface area (Å²) in [6, 6.07) is 8.57. The molecule has 3 N–H and O–H groups in total. The summed E-state index contributed by atoms with van der Waals surface area (Å²) in [6.45, 7) is 10.6. The number of rotatable bonds is 7. The van der Waals surface area contributed by atoms with Gasteiger partial charge in [0.1, 0.15) is 13.1 Å². The zero-order valence-corrected chi connectivity index (χ0v) is 15.2. The Balaban J connectivity index is 1.64. The molecular formula is C18H30N3OS+. The van der Waals surface area contributed by atoms with E-state index in [1.165, 1.54) is 12.1 Å². The van der Waals surface area contributed by atoms with Gasteiger partial charge in [-0.2, -0.15) is 0 Å². The van der Waals surface area contributed by atoms with Gasteiger partial charge >= 0.3 is 0 Å². The molecule has 0 saturated carbocycles. The van der Waals surface area contributed by atoms with E-state index < -0.39 is 0 Å². The lowest BCUT2D eigenvalue weighted by Crippen LogP contribution is -3.14. The minimum absolute atomic E-state index is 0.608. The highest BCUT2D eigenvalue weighted by atomic mass is 32.1. The number of thiocarbonyl (C=S) groups is 1. The maximum Gasteiger partial charge on any atom is 0.170 e. The van der Waals surface area contributed by atoms with Crippen LogP contribution in [0.4, 0.5) is 5.69 Å². The number of hydrogen-bond donors (Lipinski definition) is 3. The average molecular weight is 337 g/mol. The summed E-state index contributed by atoms with van der Waals surface area (Å²) in [5.41, 5.74) is 2.43. The lowest BCUT2D eigenvalue weighted by Gasteiger charge is -2.23. The zero-order valence-electron chi connectivity index (χ0n) is 14.4. The Morgan fingerprint density at radius 2 is 1.96 bits per heavy atom. The van der Waals surface area contributed by atoms with Crippen molar-refractivity contribution in [1.29, 1.82) is 0 Å². The average Bonchev–Trinajstić information content (AvgIpc) is 2.59. The van der Waals surface area contributed by atoms with Crippen LogP contribution in [0.2, 0.25) is 0 Å². The van der Waals surface area contributed by atoms with E-state index in [1.54, 1.807) is 4.90 Å². The monoisotopic (exact) mass is 336 g/mol. The molecule has 1 fully saturated rings. The highest BCUT2D eigenvalue weighted by molar-refractivity contribution is 7.80. The van der Waals surface area contributed by atoms with Gasteiger partial charge < -0.3 is 20.3 Å². The van der Waals surface area contributed by atoms with Crippen molar-refractivity contribution in [3.05, 3.63) is 29.8 Å². The highest BCUT2D eigenvalue weighted by Gasteiger charge is 2.12. The first-order chi connectivity index (χ1) is 11.2. The van der Waals surface area contributed by atoms with E-state index in [1.807, 2.05) is 0 Å². The summed E-state index contributed by atoms with van der Waals surface area (Å²) in [6.07, 6.45) is 2.29. The number of ether oxygens (including phenoxy) is 1. The van der Waals surface area contributed by atoms with E-state index in [9.17, 15) is 0 Å².